The minimum Gasteiger partial charge on any atom is -0.508 e. The van der Waals surface area contributed by atoms with E-state index >= 15 is 0 Å². The van der Waals surface area contributed by atoms with Crippen molar-refractivity contribution in [1.82, 2.24) is 15.1 Å². The van der Waals surface area contributed by atoms with Crippen LogP contribution in [0.5, 0.6) is 5.75 Å². The van der Waals surface area contributed by atoms with Crippen molar-refractivity contribution in [2.75, 3.05) is 6.54 Å². The number of benzene rings is 2. The second kappa shape index (κ2) is 10.6. The van der Waals surface area contributed by atoms with Crippen molar-refractivity contribution >= 4 is 5.91 Å². The van der Waals surface area contributed by atoms with Crippen LogP contribution in [0.4, 0.5) is 0 Å². The topological polar surface area (TPSA) is 55.8 Å². The Kier molecular flexibility index (Phi) is 7.09. The molecule has 2 aromatic rings. The number of nitrogens with zero attached hydrogens (tertiary/aromatic N) is 2. The van der Waals surface area contributed by atoms with Crippen LogP contribution in [-0.2, 0) is 0 Å². The predicted molar refractivity (Wildman–Crippen MR) is 148 cm³/mol. The van der Waals surface area contributed by atoms with Gasteiger partial charge in [-0.25, -0.2) is 0 Å². The summed E-state index contributed by atoms with van der Waals surface area (Å²) in [4.78, 5) is 18.5. The van der Waals surface area contributed by atoms with E-state index in [1.165, 1.54) is 56.9 Å². The summed E-state index contributed by atoms with van der Waals surface area (Å²) in [5.74, 6) is 0.353. The summed E-state index contributed by atoms with van der Waals surface area (Å²) in [6.07, 6.45) is 14.2. The van der Waals surface area contributed by atoms with Crippen molar-refractivity contribution < 1.29 is 9.90 Å². The fourth-order valence-electron chi connectivity index (χ4n) is 7.96. The van der Waals surface area contributed by atoms with Gasteiger partial charge in [-0.15, -0.1) is 6.58 Å². The quantitative estimate of drug-likeness (QED) is 0.373. The second-order valence-electron chi connectivity index (χ2n) is 11.6. The highest BCUT2D eigenvalue weighted by Crippen LogP contribution is 2.50. The van der Waals surface area contributed by atoms with Crippen LogP contribution < -0.4 is 5.32 Å². The van der Waals surface area contributed by atoms with Crippen LogP contribution in [-0.4, -0.2) is 57.6 Å². The molecule has 3 aliphatic heterocycles. The minimum absolute atomic E-state index is 0.0449. The third kappa shape index (κ3) is 4.72. The van der Waals surface area contributed by atoms with E-state index in [1.807, 2.05) is 24.3 Å². The standard InChI is InChI=1S/C32H41N3O2/c1-2-20-34-27-16-17-28(34)30-19-18-29(27)35(30)31(24-8-7-11-26(36)21-24)22-12-14-23(15-13-22)32(37)33-25-9-5-3-4-6-10-25/h2,7-8,11-15,21,25,27-31,36H,1,3-6,9-10,16-20H2,(H,33,37). The Morgan fingerprint density at radius 2 is 1.54 bits per heavy atom. The third-order valence-electron chi connectivity index (χ3n) is 9.53. The van der Waals surface area contributed by atoms with Gasteiger partial charge in [0.15, 0.2) is 0 Å². The number of aromatic hydroxyl groups is 1. The van der Waals surface area contributed by atoms with E-state index < -0.39 is 0 Å². The highest BCUT2D eigenvalue weighted by Gasteiger charge is 2.56. The van der Waals surface area contributed by atoms with Gasteiger partial charge in [0.25, 0.3) is 5.91 Å². The van der Waals surface area contributed by atoms with E-state index in [2.05, 4.69) is 46.0 Å². The molecule has 0 aromatic heterocycles. The van der Waals surface area contributed by atoms with Gasteiger partial charge in [0.05, 0.1) is 6.04 Å². The highest BCUT2D eigenvalue weighted by molar-refractivity contribution is 5.94. The van der Waals surface area contributed by atoms with Gasteiger partial charge in [-0.05, 0) is 73.9 Å². The molecule has 6 rings (SSSR count). The summed E-state index contributed by atoms with van der Waals surface area (Å²) in [5, 5.41) is 13.7. The molecule has 4 fully saturated rings. The summed E-state index contributed by atoms with van der Waals surface area (Å²) in [5.41, 5.74) is 3.07. The molecule has 5 heteroatoms. The number of phenolic OH excluding ortho intramolecular Hbond substituents is 1. The number of hydrogen-bond acceptors (Lipinski definition) is 4. The Balaban J connectivity index is 1.29. The Morgan fingerprint density at radius 1 is 0.892 bits per heavy atom. The Bertz CT molecular complexity index is 1090. The number of hydrogen-bond donors (Lipinski definition) is 2. The van der Waals surface area contributed by atoms with Crippen LogP contribution in [0.1, 0.15) is 91.7 Å². The van der Waals surface area contributed by atoms with Crippen LogP contribution in [0.2, 0.25) is 0 Å². The second-order valence-corrected chi connectivity index (χ2v) is 11.6. The molecule has 5 atom stereocenters. The summed E-state index contributed by atoms with van der Waals surface area (Å²) >= 11 is 0. The zero-order valence-corrected chi connectivity index (χ0v) is 21.9. The van der Waals surface area contributed by atoms with E-state index in [0.29, 0.717) is 36.0 Å². The summed E-state index contributed by atoms with van der Waals surface area (Å²) in [6.45, 7) is 5.00. The lowest BCUT2D eigenvalue weighted by Gasteiger charge is -2.50. The highest BCUT2D eigenvalue weighted by atomic mass is 16.3. The fourth-order valence-corrected chi connectivity index (χ4v) is 7.96. The molecule has 4 bridgehead atoms. The summed E-state index contributed by atoms with van der Waals surface area (Å²) in [7, 11) is 0. The number of carbonyl (C=O) groups excluding carboxylic acids is 1. The average molecular weight is 500 g/mol. The van der Waals surface area contributed by atoms with Crippen molar-refractivity contribution in [3.8, 4) is 5.75 Å². The van der Waals surface area contributed by atoms with Gasteiger partial charge >= 0.3 is 0 Å². The number of rotatable bonds is 7. The maximum Gasteiger partial charge on any atom is 0.251 e. The largest absolute Gasteiger partial charge is 0.508 e. The molecule has 4 aliphatic rings. The summed E-state index contributed by atoms with van der Waals surface area (Å²) < 4.78 is 0. The molecule has 37 heavy (non-hydrogen) atoms. The number of nitrogens with one attached hydrogen (secondary N) is 1. The lowest BCUT2D eigenvalue weighted by Crippen LogP contribution is -2.60. The molecule has 2 aromatic carbocycles. The lowest BCUT2D eigenvalue weighted by atomic mass is 9.91. The van der Waals surface area contributed by atoms with E-state index in [0.717, 1.165) is 30.5 Å². The lowest BCUT2D eigenvalue weighted by molar-refractivity contribution is -0.00329. The smallest absolute Gasteiger partial charge is 0.251 e. The Morgan fingerprint density at radius 3 is 2.16 bits per heavy atom. The van der Waals surface area contributed by atoms with Crippen molar-refractivity contribution in [1.29, 1.82) is 0 Å². The first kappa shape index (κ1) is 24.7. The molecule has 2 N–H and O–H groups in total. The van der Waals surface area contributed by atoms with Crippen molar-refractivity contribution in [2.24, 2.45) is 0 Å². The van der Waals surface area contributed by atoms with E-state index in [4.69, 9.17) is 0 Å². The van der Waals surface area contributed by atoms with Gasteiger partial charge in [-0.2, -0.15) is 0 Å². The van der Waals surface area contributed by atoms with Crippen molar-refractivity contribution in [2.45, 2.75) is 100 Å². The molecule has 1 aliphatic carbocycles. The van der Waals surface area contributed by atoms with Gasteiger partial charge in [-0.1, -0.05) is 56.0 Å². The minimum atomic E-state index is 0.0449. The number of amides is 1. The zero-order chi connectivity index (χ0) is 25.4. The van der Waals surface area contributed by atoms with Crippen molar-refractivity contribution in [3.63, 3.8) is 0 Å². The average Bonchev–Trinajstić information content (AvgIpc) is 3.28. The van der Waals surface area contributed by atoms with E-state index in [9.17, 15) is 9.90 Å². The predicted octanol–water partition coefficient (Wildman–Crippen LogP) is 5.80. The third-order valence-corrected chi connectivity index (χ3v) is 9.53. The molecule has 196 valence electrons. The van der Waals surface area contributed by atoms with Crippen LogP contribution in [0, 0.1) is 0 Å². The van der Waals surface area contributed by atoms with E-state index in [1.54, 1.807) is 6.07 Å². The van der Waals surface area contributed by atoms with Crippen LogP contribution >= 0.6 is 0 Å². The van der Waals surface area contributed by atoms with Gasteiger partial charge in [0.1, 0.15) is 5.75 Å². The monoisotopic (exact) mass is 499 g/mol. The number of fused-ring (bicyclic) bond motifs is 6. The van der Waals surface area contributed by atoms with Gasteiger partial charge in [-0.3, -0.25) is 14.6 Å². The number of piperazine rings is 1. The molecule has 0 spiro atoms. The van der Waals surface area contributed by atoms with Crippen LogP contribution in [0.25, 0.3) is 0 Å². The number of carbonyl (C=O) groups is 1. The Labute approximate surface area is 221 Å². The molecule has 0 radical (unpaired) electrons. The first-order valence-corrected chi connectivity index (χ1v) is 14.5. The molecule has 1 amide bonds. The molecule has 3 saturated heterocycles. The Hall–Kier alpha value is -2.63. The fraction of sp³-hybridized carbons (Fsp3) is 0.531. The maximum absolute atomic E-state index is 13.1. The molecule has 1 saturated carbocycles. The normalized spacial score (nSPS) is 29.1. The van der Waals surface area contributed by atoms with Gasteiger partial charge in [0, 0.05) is 42.3 Å². The van der Waals surface area contributed by atoms with E-state index in [-0.39, 0.29) is 11.9 Å². The maximum atomic E-state index is 13.1. The molecular weight excluding hydrogens is 458 g/mol. The SMILES string of the molecule is C=CCN1C2CCC1C1CCC2N1C(c1ccc(C(=O)NC2CCCCCC2)cc1)c1cccc(O)c1. The zero-order valence-electron chi connectivity index (χ0n) is 21.9. The van der Waals surface area contributed by atoms with Gasteiger partial charge < -0.3 is 10.4 Å². The van der Waals surface area contributed by atoms with Gasteiger partial charge in [0.2, 0.25) is 0 Å². The first-order chi connectivity index (χ1) is 18.1. The molecule has 5 nitrogen and oxygen atoms in total. The first-order valence-electron chi connectivity index (χ1n) is 14.5. The molecule has 5 unspecified atom stereocenters. The van der Waals surface area contributed by atoms with Crippen LogP contribution in [0.3, 0.4) is 0 Å². The summed E-state index contributed by atoms with van der Waals surface area (Å²) in [6, 6.07) is 18.6. The van der Waals surface area contributed by atoms with Crippen LogP contribution in [0.15, 0.2) is 61.2 Å². The van der Waals surface area contributed by atoms with Crippen molar-refractivity contribution in [3.05, 3.63) is 77.9 Å². The molecule has 3 heterocycles. The molecular formula is C32H41N3O2. The number of phenols is 1.